The van der Waals surface area contributed by atoms with Gasteiger partial charge in [-0.2, -0.15) is 0 Å². The van der Waals surface area contributed by atoms with Gasteiger partial charge in [-0.15, -0.1) is 10.2 Å². The molecule has 154 valence electrons. The maximum Gasteiger partial charge on any atom is 0.196 e. The summed E-state index contributed by atoms with van der Waals surface area (Å²) in [5, 5.41) is 18.0. The Morgan fingerprint density at radius 1 is 1.00 bits per heavy atom. The van der Waals surface area contributed by atoms with E-state index in [-0.39, 0.29) is 19.0 Å². The van der Waals surface area contributed by atoms with Gasteiger partial charge in [-0.25, -0.2) is 4.39 Å². The standard InChI is InChI=1S/C21H24FN3O3S/c1-27-16-9-11-17(12-10-16)28-15-20-23-24-21(29-14-6-2-5-13-26)25(20)19-8-4-3-7-18(19)22/h3-4,7-12,26H,2,5-6,13-15H2,1H3. The van der Waals surface area contributed by atoms with Crippen LogP contribution in [0.1, 0.15) is 25.1 Å². The van der Waals surface area contributed by atoms with Crippen LogP contribution < -0.4 is 9.47 Å². The number of aromatic nitrogens is 3. The van der Waals surface area contributed by atoms with Crippen molar-refractivity contribution in [3.8, 4) is 17.2 Å². The van der Waals surface area contributed by atoms with Gasteiger partial charge in [0.15, 0.2) is 11.0 Å². The molecule has 29 heavy (non-hydrogen) atoms. The summed E-state index contributed by atoms with van der Waals surface area (Å²) < 4.78 is 27.2. The van der Waals surface area contributed by atoms with E-state index in [0.29, 0.717) is 22.4 Å². The lowest BCUT2D eigenvalue weighted by atomic mass is 10.3. The topological polar surface area (TPSA) is 69.4 Å². The molecule has 0 saturated heterocycles. The highest BCUT2D eigenvalue weighted by Gasteiger charge is 2.17. The second-order valence-electron chi connectivity index (χ2n) is 6.28. The summed E-state index contributed by atoms with van der Waals surface area (Å²) in [6.07, 6.45) is 2.65. The Kier molecular flexibility index (Phi) is 7.89. The van der Waals surface area contributed by atoms with E-state index >= 15 is 0 Å². The Morgan fingerprint density at radius 3 is 2.48 bits per heavy atom. The summed E-state index contributed by atoms with van der Waals surface area (Å²) in [5.41, 5.74) is 0.392. The molecule has 0 aliphatic heterocycles. The lowest BCUT2D eigenvalue weighted by molar-refractivity contribution is 0.284. The first kappa shape index (κ1) is 21.1. The zero-order chi connectivity index (χ0) is 20.5. The first-order valence-corrected chi connectivity index (χ1v) is 10.4. The average molecular weight is 418 g/mol. The minimum absolute atomic E-state index is 0.152. The van der Waals surface area contributed by atoms with Crippen LogP contribution in [0.4, 0.5) is 4.39 Å². The summed E-state index contributed by atoms with van der Waals surface area (Å²) in [5.74, 6) is 2.38. The fourth-order valence-corrected chi connectivity index (χ4v) is 3.70. The molecule has 0 unspecified atom stereocenters. The number of thioether (sulfide) groups is 1. The summed E-state index contributed by atoms with van der Waals surface area (Å²) in [6.45, 7) is 0.349. The highest BCUT2D eigenvalue weighted by molar-refractivity contribution is 7.99. The van der Waals surface area contributed by atoms with E-state index in [9.17, 15) is 4.39 Å². The molecule has 0 fully saturated rings. The van der Waals surface area contributed by atoms with Crippen molar-refractivity contribution >= 4 is 11.8 Å². The number of aliphatic hydroxyl groups excluding tert-OH is 1. The van der Waals surface area contributed by atoms with E-state index in [1.54, 1.807) is 42.0 Å². The van der Waals surface area contributed by atoms with Crippen LogP contribution >= 0.6 is 11.8 Å². The van der Waals surface area contributed by atoms with Crippen molar-refractivity contribution in [2.24, 2.45) is 0 Å². The van der Waals surface area contributed by atoms with Gasteiger partial charge in [-0.05, 0) is 49.2 Å². The Morgan fingerprint density at radius 2 is 1.76 bits per heavy atom. The number of hydrogen-bond acceptors (Lipinski definition) is 6. The number of hydrogen-bond donors (Lipinski definition) is 1. The van der Waals surface area contributed by atoms with Crippen LogP contribution in [0.2, 0.25) is 0 Å². The maximum atomic E-state index is 14.5. The largest absolute Gasteiger partial charge is 0.497 e. The molecule has 0 bridgehead atoms. The van der Waals surface area contributed by atoms with Gasteiger partial charge in [0.2, 0.25) is 0 Å². The van der Waals surface area contributed by atoms with E-state index < -0.39 is 0 Å². The number of rotatable bonds is 11. The summed E-state index contributed by atoms with van der Waals surface area (Å²) in [4.78, 5) is 0. The third kappa shape index (κ3) is 5.71. The molecule has 0 aliphatic carbocycles. The summed E-state index contributed by atoms with van der Waals surface area (Å²) in [7, 11) is 1.61. The zero-order valence-electron chi connectivity index (χ0n) is 16.3. The van der Waals surface area contributed by atoms with Gasteiger partial charge >= 0.3 is 0 Å². The lowest BCUT2D eigenvalue weighted by Gasteiger charge is -2.12. The summed E-state index contributed by atoms with van der Waals surface area (Å²) >= 11 is 1.52. The van der Waals surface area contributed by atoms with Gasteiger partial charge in [0.25, 0.3) is 0 Å². The van der Waals surface area contributed by atoms with Crippen LogP contribution in [0.3, 0.4) is 0 Å². The maximum absolute atomic E-state index is 14.5. The van der Waals surface area contributed by atoms with Crippen LogP contribution in [0, 0.1) is 5.82 Å². The molecule has 0 atom stereocenters. The Balaban J connectivity index is 1.77. The first-order chi connectivity index (χ1) is 14.2. The first-order valence-electron chi connectivity index (χ1n) is 9.42. The highest BCUT2D eigenvalue weighted by atomic mass is 32.2. The molecular formula is C21H24FN3O3S. The predicted molar refractivity (Wildman–Crippen MR) is 110 cm³/mol. The van der Waals surface area contributed by atoms with Gasteiger partial charge in [0.1, 0.15) is 23.9 Å². The van der Waals surface area contributed by atoms with Gasteiger partial charge in [0, 0.05) is 12.4 Å². The van der Waals surface area contributed by atoms with Crippen LogP contribution in [-0.4, -0.2) is 39.3 Å². The number of para-hydroxylation sites is 1. The number of nitrogens with zero attached hydrogens (tertiary/aromatic N) is 3. The molecule has 8 heteroatoms. The smallest absolute Gasteiger partial charge is 0.196 e. The molecule has 0 radical (unpaired) electrons. The third-order valence-corrected chi connectivity index (χ3v) is 5.27. The Labute approximate surface area is 173 Å². The molecule has 1 aromatic heterocycles. The third-order valence-electron chi connectivity index (χ3n) is 4.25. The van der Waals surface area contributed by atoms with E-state index in [1.807, 2.05) is 12.1 Å². The minimum atomic E-state index is -0.347. The lowest BCUT2D eigenvalue weighted by Crippen LogP contribution is -2.08. The van der Waals surface area contributed by atoms with Crippen molar-refractivity contribution in [2.75, 3.05) is 19.5 Å². The van der Waals surface area contributed by atoms with E-state index in [0.717, 1.165) is 30.8 Å². The zero-order valence-corrected chi connectivity index (χ0v) is 17.1. The van der Waals surface area contributed by atoms with E-state index in [1.165, 1.54) is 17.8 Å². The van der Waals surface area contributed by atoms with Gasteiger partial charge in [-0.1, -0.05) is 30.3 Å². The van der Waals surface area contributed by atoms with Gasteiger partial charge in [0.05, 0.1) is 12.8 Å². The number of ether oxygens (including phenoxy) is 2. The van der Waals surface area contributed by atoms with Crippen LogP contribution in [-0.2, 0) is 6.61 Å². The van der Waals surface area contributed by atoms with Crippen molar-refractivity contribution in [1.82, 2.24) is 14.8 Å². The molecule has 3 aromatic rings. The van der Waals surface area contributed by atoms with Crippen LogP contribution in [0.5, 0.6) is 11.5 Å². The summed E-state index contributed by atoms with van der Waals surface area (Å²) in [6, 6.07) is 13.8. The van der Waals surface area contributed by atoms with Gasteiger partial charge < -0.3 is 14.6 Å². The molecule has 1 N–H and O–H groups in total. The van der Waals surface area contributed by atoms with Crippen molar-refractivity contribution in [2.45, 2.75) is 31.0 Å². The fraction of sp³-hybridized carbons (Fsp3) is 0.333. The molecule has 6 nitrogen and oxygen atoms in total. The number of aliphatic hydroxyl groups is 1. The molecule has 0 aliphatic rings. The highest BCUT2D eigenvalue weighted by Crippen LogP contribution is 2.26. The van der Waals surface area contributed by atoms with Crippen molar-refractivity contribution in [3.05, 3.63) is 60.2 Å². The molecular weight excluding hydrogens is 393 g/mol. The SMILES string of the molecule is COc1ccc(OCc2nnc(SCCCCCO)n2-c2ccccc2F)cc1. The van der Waals surface area contributed by atoms with Crippen molar-refractivity contribution in [3.63, 3.8) is 0 Å². The Hall–Kier alpha value is -2.58. The Bertz CT molecular complexity index is 902. The normalized spacial score (nSPS) is 10.9. The predicted octanol–water partition coefficient (Wildman–Crippen LogP) is 4.25. The van der Waals surface area contributed by atoms with Crippen molar-refractivity contribution < 1.29 is 19.0 Å². The second-order valence-corrected chi connectivity index (χ2v) is 7.34. The second kappa shape index (κ2) is 10.8. The molecule has 0 amide bonds. The average Bonchev–Trinajstić information content (AvgIpc) is 3.15. The molecule has 0 spiro atoms. The monoisotopic (exact) mass is 417 g/mol. The number of unbranched alkanes of at least 4 members (excludes halogenated alkanes) is 2. The molecule has 3 rings (SSSR count). The minimum Gasteiger partial charge on any atom is -0.497 e. The van der Waals surface area contributed by atoms with Gasteiger partial charge in [-0.3, -0.25) is 4.57 Å². The number of halogens is 1. The van der Waals surface area contributed by atoms with E-state index in [4.69, 9.17) is 14.6 Å². The molecule has 1 heterocycles. The van der Waals surface area contributed by atoms with Crippen LogP contribution in [0.25, 0.3) is 5.69 Å². The quantitative estimate of drug-likeness (QED) is 0.372. The molecule has 0 saturated carbocycles. The number of benzene rings is 2. The molecule has 2 aromatic carbocycles. The van der Waals surface area contributed by atoms with Crippen molar-refractivity contribution in [1.29, 1.82) is 0 Å². The van der Waals surface area contributed by atoms with E-state index in [2.05, 4.69) is 10.2 Å². The fourth-order valence-electron chi connectivity index (χ4n) is 2.74. The number of methoxy groups -OCH3 is 1. The van der Waals surface area contributed by atoms with Crippen LogP contribution in [0.15, 0.2) is 53.7 Å².